The molecule has 0 bridgehead atoms. The number of Topliss-reactive ketones (excluding diaryl/α,β-unsaturated/α-hetero) is 1. The summed E-state index contributed by atoms with van der Waals surface area (Å²) in [4.78, 5) is 24.6. The molecule has 1 spiro atoms. The molecule has 8 nitrogen and oxygen atoms in total. The zero-order chi connectivity index (χ0) is 20.5. The van der Waals surface area contributed by atoms with Crippen LogP contribution in [0.2, 0.25) is 0 Å². The largest absolute Gasteiger partial charge is 0.444 e. The Balaban J connectivity index is 1.80. The minimum absolute atomic E-state index is 0.104. The Bertz CT molecular complexity index is 757. The molecule has 156 valence electrons. The Kier molecular flexibility index (Phi) is 5.82. The molecule has 1 fully saturated rings. The van der Waals surface area contributed by atoms with E-state index in [1.54, 1.807) is 0 Å². The Morgan fingerprint density at radius 1 is 1.29 bits per heavy atom. The van der Waals surface area contributed by atoms with Crippen molar-refractivity contribution in [3.05, 3.63) is 17.0 Å². The number of ketones is 1. The molecule has 0 saturated carbocycles. The average molecular weight is 394 g/mol. The van der Waals surface area contributed by atoms with Gasteiger partial charge in [-0.25, -0.2) is 4.79 Å². The molecule has 0 unspecified atom stereocenters. The van der Waals surface area contributed by atoms with Crippen LogP contribution in [0.3, 0.4) is 0 Å². The third-order valence-electron chi connectivity index (χ3n) is 5.21. The highest BCUT2D eigenvalue weighted by atomic mass is 16.7. The molecule has 1 aromatic rings. The number of hydrogen-bond acceptors (Lipinski definition) is 5. The molecule has 1 aliphatic heterocycles. The Hall–Kier alpha value is -1.93. The Morgan fingerprint density at radius 2 is 1.96 bits per heavy atom. The Labute approximate surface area is 166 Å². The first-order chi connectivity index (χ1) is 13.2. The lowest BCUT2D eigenvalue weighted by Gasteiger charge is -2.30. The van der Waals surface area contributed by atoms with Gasteiger partial charge in [-0.3, -0.25) is 4.79 Å². The minimum atomic E-state index is -0.594. The number of ether oxygens (including phenoxy) is 3. The third-order valence-corrected chi connectivity index (χ3v) is 5.21. The number of carbonyl (C=O) groups is 2. The summed E-state index contributed by atoms with van der Waals surface area (Å²) in [5.74, 6) is -0.489. The smallest absolute Gasteiger partial charge is 0.407 e. The van der Waals surface area contributed by atoms with Crippen LogP contribution >= 0.6 is 0 Å². The molecule has 2 aliphatic rings. The van der Waals surface area contributed by atoms with E-state index in [0.717, 1.165) is 24.1 Å². The van der Waals surface area contributed by atoms with Crippen LogP contribution < -0.4 is 10.00 Å². The fourth-order valence-corrected chi connectivity index (χ4v) is 4.04. The van der Waals surface area contributed by atoms with Gasteiger partial charge in [-0.05, 0) is 27.2 Å². The van der Waals surface area contributed by atoms with E-state index in [4.69, 9.17) is 14.2 Å². The van der Waals surface area contributed by atoms with Gasteiger partial charge in [-0.15, -0.1) is 4.68 Å². The van der Waals surface area contributed by atoms with Gasteiger partial charge in [0.2, 0.25) is 5.78 Å². The van der Waals surface area contributed by atoms with Crippen molar-refractivity contribution in [3.63, 3.8) is 0 Å². The third kappa shape index (κ3) is 4.22. The van der Waals surface area contributed by atoms with Gasteiger partial charge < -0.3 is 19.5 Å². The summed E-state index contributed by atoms with van der Waals surface area (Å²) in [5, 5.41) is 2.79. The van der Waals surface area contributed by atoms with Crippen LogP contribution in [0.25, 0.3) is 0 Å². The van der Waals surface area contributed by atoms with Crippen molar-refractivity contribution in [2.24, 2.45) is 7.05 Å². The lowest BCUT2D eigenvalue weighted by Crippen LogP contribution is -2.46. The maximum Gasteiger partial charge on any atom is 0.407 e. The lowest BCUT2D eigenvalue weighted by molar-refractivity contribution is -0.755. The lowest BCUT2D eigenvalue weighted by atomic mass is 9.89. The highest BCUT2D eigenvalue weighted by Crippen LogP contribution is 2.36. The second-order valence-corrected chi connectivity index (χ2v) is 8.41. The van der Waals surface area contributed by atoms with Crippen molar-refractivity contribution in [2.45, 2.75) is 71.3 Å². The standard InChI is InChI=1S/C20H31N3O5/c1-6-16(24)17-14-13-20(26-11-12-27-20)8-7-15(14)23(22(17)5)10-9-21-18(25)28-19(2,3)4/h6-13H2,1-5H3/p+1. The molecule has 0 aromatic carbocycles. The zero-order valence-electron chi connectivity index (χ0n) is 17.6. The highest BCUT2D eigenvalue weighted by molar-refractivity contribution is 5.94. The van der Waals surface area contributed by atoms with E-state index in [0.29, 0.717) is 44.8 Å². The first-order valence-electron chi connectivity index (χ1n) is 10.0. The summed E-state index contributed by atoms with van der Waals surface area (Å²) in [6.45, 7) is 9.54. The SMILES string of the molecule is CCC(=O)c1c2c(n(CCNC(=O)OC(C)(C)C)[n+]1C)CCC1(C2)OCCO1. The number of alkyl carbamates (subject to hydrolysis) is 1. The van der Waals surface area contributed by atoms with Gasteiger partial charge in [0, 0.05) is 25.8 Å². The zero-order valence-corrected chi connectivity index (χ0v) is 17.6. The van der Waals surface area contributed by atoms with E-state index >= 15 is 0 Å². The van der Waals surface area contributed by atoms with Crippen molar-refractivity contribution in [1.29, 1.82) is 0 Å². The van der Waals surface area contributed by atoms with Crippen molar-refractivity contribution >= 4 is 11.9 Å². The van der Waals surface area contributed by atoms with Gasteiger partial charge >= 0.3 is 6.09 Å². The van der Waals surface area contributed by atoms with Gasteiger partial charge in [0.05, 0.1) is 31.0 Å². The fraction of sp³-hybridized carbons (Fsp3) is 0.750. The minimum Gasteiger partial charge on any atom is -0.444 e. The van der Waals surface area contributed by atoms with Gasteiger partial charge in [0.15, 0.2) is 12.8 Å². The van der Waals surface area contributed by atoms with Crippen LogP contribution in [0, 0.1) is 0 Å². The summed E-state index contributed by atoms with van der Waals surface area (Å²) >= 11 is 0. The molecular formula is C20H32N3O5+. The van der Waals surface area contributed by atoms with Crippen molar-refractivity contribution in [1.82, 2.24) is 10.00 Å². The normalized spacial score (nSPS) is 18.2. The van der Waals surface area contributed by atoms with Gasteiger partial charge in [-0.2, -0.15) is 4.68 Å². The summed E-state index contributed by atoms with van der Waals surface area (Å²) in [7, 11) is 1.90. The molecule has 1 aliphatic carbocycles. The second-order valence-electron chi connectivity index (χ2n) is 8.41. The summed E-state index contributed by atoms with van der Waals surface area (Å²) in [5.41, 5.74) is 2.32. The molecule has 1 aromatic heterocycles. The van der Waals surface area contributed by atoms with E-state index in [1.165, 1.54) is 0 Å². The predicted octanol–water partition coefficient (Wildman–Crippen LogP) is 1.66. The van der Waals surface area contributed by atoms with Crippen LogP contribution in [-0.4, -0.2) is 47.7 Å². The van der Waals surface area contributed by atoms with Crippen LogP contribution in [0.5, 0.6) is 0 Å². The predicted molar refractivity (Wildman–Crippen MR) is 101 cm³/mol. The number of fused-ring (bicyclic) bond motifs is 1. The number of amides is 1. The number of aromatic nitrogens is 2. The van der Waals surface area contributed by atoms with E-state index in [9.17, 15) is 9.59 Å². The number of nitrogens with zero attached hydrogens (tertiary/aromatic N) is 2. The molecule has 1 saturated heterocycles. The summed E-state index contributed by atoms with van der Waals surface area (Å²) in [6.07, 6.45) is 2.13. The van der Waals surface area contributed by atoms with Crippen LogP contribution in [0.1, 0.15) is 62.3 Å². The topological polar surface area (TPSA) is 82.7 Å². The number of carbonyl (C=O) groups excluding carboxylic acids is 2. The van der Waals surface area contributed by atoms with Crippen molar-refractivity contribution in [2.75, 3.05) is 19.8 Å². The molecule has 0 radical (unpaired) electrons. The highest BCUT2D eigenvalue weighted by Gasteiger charge is 2.46. The van der Waals surface area contributed by atoms with Crippen molar-refractivity contribution in [3.8, 4) is 0 Å². The quantitative estimate of drug-likeness (QED) is 0.607. The maximum atomic E-state index is 12.7. The van der Waals surface area contributed by atoms with E-state index in [2.05, 4.69) is 10.00 Å². The average Bonchev–Trinajstić information content (AvgIpc) is 3.16. The van der Waals surface area contributed by atoms with Gasteiger partial charge in [0.1, 0.15) is 5.60 Å². The molecular weight excluding hydrogens is 362 g/mol. The van der Waals surface area contributed by atoms with Crippen LogP contribution in [0.15, 0.2) is 0 Å². The van der Waals surface area contributed by atoms with Crippen LogP contribution in [-0.2, 0) is 40.6 Å². The fourth-order valence-electron chi connectivity index (χ4n) is 4.04. The molecule has 0 atom stereocenters. The summed E-state index contributed by atoms with van der Waals surface area (Å²) in [6, 6.07) is 0. The first-order valence-corrected chi connectivity index (χ1v) is 10.0. The maximum absolute atomic E-state index is 12.7. The molecule has 2 heterocycles. The van der Waals surface area contributed by atoms with E-state index < -0.39 is 17.5 Å². The van der Waals surface area contributed by atoms with Crippen LogP contribution in [0.4, 0.5) is 4.79 Å². The molecule has 28 heavy (non-hydrogen) atoms. The monoisotopic (exact) mass is 394 g/mol. The second kappa shape index (κ2) is 7.83. The molecule has 1 N–H and O–H groups in total. The van der Waals surface area contributed by atoms with Gasteiger partial charge in [-0.1, -0.05) is 6.92 Å². The molecule has 8 heteroatoms. The molecule has 1 amide bonds. The van der Waals surface area contributed by atoms with E-state index in [1.807, 2.05) is 39.4 Å². The Morgan fingerprint density at radius 3 is 2.57 bits per heavy atom. The molecule has 3 rings (SSSR count). The number of rotatable bonds is 5. The van der Waals surface area contributed by atoms with Crippen molar-refractivity contribution < 1.29 is 28.5 Å². The van der Waals surface area contributed by atoms with Gasteiger partial charge in [0.25, 0.3) is 5.69 Å². The summed E-state index contributed by atoms with van der Waals surface area (Å²) < 4.78 is 21.1. The first kappa shape index (κ1) is 20.8. The number of hydrogen-bond donors (Lipinski definition) is 1. The van der Waals surface area contributed by atoms with E-state index in [-0.39, 0.29) is 5.78 Å². The number of nitrogens with one attached hydrogen (secondary N) is 1.